The monoisotopic (exact) mass is 243 g/mol. The number of rotatable bonds is 2. The Labute approximate surface area is 106 Å². The lowest BCUT2D eigenvalue weighted by Crippen LogP contribution is -2.23. The lowest BCUT2D eigenvalue weighted by Gasteiger charge is -2.20. The summed E-state index contributed by atoms with van der Waals surface area (Å²) >= 11 is 0. The minimum Gasteiger partial charge on any atom is -0.381 e. The third kappa shape index (κ3) is 1.95. The first-order chi connectivity index (χ1) is 8.75. The van der Waals surface area contributed by atoms with Crippen LogP contribution in [0.4, 0.5) is 0 Å². The Hall–Kier alpha value is -1.61. The summed E-state index contributed by atoms with van der Waals surface area (Å²) in [5, 5.41) is 1.18. The molecule has 0 atom stereocenters. The lowest BCUT2D eigenvalue weighted by molar-refractivity contribution is 0.0545. The zero-order valence-electron chi connectivity index (χ0n) is 10.6. The van der Waals surface area contributed by atoms with E-state index < -0.39 is 0 Å². The summed E-state index contributed by atoms with van der Waals surface area (Å²) in [6.07, 6.45) is 3.72. The normalized spacial score (nSPS) is 17.2. The predicted octanol–water partition coefficient (Wildman–Crippen LogP) is 2.79. The Balaban J connectivity index is 1.93. The quantitative estimate of drug-likeness (QED) is 0.759. The molecule has 0 unspecified atom stereocenters. The number of benzene rings is 1. The standard InChI is InChI=1S/C15H17NO2/c1-16-7-4-11-2-3-13(10-14(11)16)15(17)12-5-8-18-9-6-12/h2-4,7,10,12H,5-6,8-9H2,1H3. The van der Waals surface area contributed by atoms with Gasteiger partial charge in [-0.1, -0.05) is 12.1 Å². The van der Waals surface area contributed by atoms with E-state index in [0.717, 1.165) is 23.9 Å². The van der Waals surface area contributed by atoms with Gasteiger partial charge < -0.3 is 9.30 Å². The molecule has 3 rings (SSSR count). The topological polar surface area (TPSA) is 31.2 Å². The summed E-state index contributed by atoms with van der Waals surface area (Å²) in [4.78, 5) is 12.4. The van der Waals surface area contributed by atoms with Gasteiger partial charge in [-0.15, -0.1) is 0 Å². The molecule has 1 aromatic carbocycles. The van der Waals surface area contributed by atoms with E-state index in [1.54, 1.807) is 0 Å². The van der Waals surface area contributed by atoms with E-state index in [1.807, 2.05) is 31.4 Å². The van der Waals surface area contributed by atoms with Crippen molar-refractivity contribution in [2.24, 2.45) is 13.0 Å². The molecule has 1 fully saturated rings. The van der Waals surface area contributed by atoms with Crippen molar-refractivity contribution in [3.05, 3.63) is 36.0 Å². The van der Waals surface area contributed by atoms with Crippen LogP contribution in [-0.2, 0) is 11.8 Å². The van der Waals surface area contributed by atoms with E-state index in [-0.39, 0.29) is 11.7 Å². The molecule has 18 heavy (non-hydrogen) atoms. The molecule has 2 aromatic rings. The largest absolute Gasteiger partial charge is 0.381 e. The van der Waals surface area contributed by atoms with Gasteiger partial charge in [-0.3, -0.25) is 4.79 Å². The maximum atomic E-state index is 12.4. The second-order valence-corrected chi connectivity index (χ2v) is 4.95. The van der Waals surface area contributed by atoms with Crippen molar-refractivity contribution in [1.82, 2.24) is 4.57 Å². The van der Waals surface area contributed by atoms with Gasteiger partial charge in [-0.2, -0.15) is 0 Å². The minimum atomic E-state index is 0.136. The Morgan fingerprint density at radius 3 is 2.83 bits per heavy atom. The van der Waals surface area contributed by atoms with Crippen LogP contribution in [0.25, 0.3) is 10.9 Å². The molecule has 1 aromatic heterocycles. The number of Topliss-reactive ketones (excluding diaryl/α,β-unsaturated/α-hetero) is 1. The maximum Gasteiger partial charge on any atom is 0.166 e. The third-order valence-electron chi connectivity index (χ3n) is 3.76. The van der Waals surface area contributed by atoms with Gasteiger partial charge in [0.05, 0.1) is 0 Å². The maximum absolute atomic E-state index is 12.4. The summed E-state index contributed by atoms with van der Waals surface area (Å²) in [5.41, 5.74) is 1.95. The zero-order chi connectivity index (χ0) is 12.5. The molecule has 0 aliphatic carbocycles. The van der Waals surface area contributed by atoms with Crippen molar-refractivity contribution in [3.63, 3.8) is 0 Å². The van der Waals surface area contributed by atoms with Gasteiger partial charge in [0, 0.05) is 43.5 Å². The molecular weight excluding hydrogens is 226 g/mol. The average Bonchev–Trinajstić information content (AvgIpc) is 2.80. The Bertz CT molecular complexity index is 579. The van der Waals surface area contributed by atoms with Crippen LogP contribution in [0, 0.1) is 5.92 Å². The van der Waals surface area contributed by atoms with E-state index >= 15 is 0 Å². The molecule has 94 valence electrons. The highest BCUT2D eigenvalue weighted by Gasteiger charge is 2.22. The van der Waals surface area contributed by atoms with Crippen molar-refractivity contribution < 1.29 is 9.53 Å². The number of ether oxygens (including phenoxy) is 1. The second kappa shape index (κ2) is 4.58. The van der Waals surface area contributed by atoms with Crippen LogP contribution in [-0.4, -0.2) is 23.6 Å². The van der Waals surface area contributed by atoms with Crippen molar-refractivity contribution in [3.8, 4) is 0 Å². The highest BCUT2D eigenvalue weighted by Crippen LogP contribution is 2.23. The molecule has 1 aliphatic heterocycles. The van der Waals surface area contributed by atoms with E-state index in [2.05, 4.69) is 10.6 Å². The fraction of sp³-hybridized carbons (Fsp3) is 0.400. The first-order valence-electron chi connectivity index (χ1n) is 6.43. The van der Waals surface area contributed by atoms with Crippen LogP contribution in [0.5, 0.6) is 0 Å². The molecule has 2 heterocycles. The summed E-state index contributed by atoms with van der Waals surface area (Å²) in [5.74, 6) is 0.401. The number of aromatic nitrogens is 1. The Kier molecular flexibility index (Phi) is 2.92. The molecule has 1 aliphatic rings. The van der Waals surface area contributed by atoms with Crippen LogP contribution >= 0.6 is 0 Å². The van der Waals surface area contributed by atoms with Crippen LogP contribution in [0.1, 0.15) is 23.2 Å². The van der Waals surface area contributed by atoms with Gasteiger partial charge in [0.15, 0.2) is 5.78 Å². The molecular formula is C15H17NO2. The predicted molar refractivity (Wildman–Crippen MR) is 70.8 cm³/mol. The first-order valence-corrected chi connectivity index (χ1v) is 6.43. The van der Waals surface area contributed by atoms with Crippen LogP contribution in [0.3, 0.4) is 0 Å². The number of fused-ring (bicyclic) bond motifs is 1. The summed E-state index contributed by atoms with van der Waals surface area (Å²) in [6.45, 7) is 1.42. The molecule has 0 saturated carbocycles. The number of hydrogen-bond acceptors (Lipinski definition) is 2. The summed E-state index contributed by atoms with van der Waals surface area (Å²) < 4.78 is 7.36. The summed E-state index contributed by atoms with van der Waals surface area (Å²) in [6, 6.07) is 8.05. The van der Waals surface area contributed by atoms with Crippen LogP contribution in [0.15, 0.2) is 30.5 Å². The summed E-state index contributed by atoms with van der Waals surface area (Å²) in [7, 11) is 2.00. The number of aryl methyl sites for hydroxylation is 1. The second-order valence-electron chi connectivity index (χ2n) is 4.95. The van der Waals surface area contributed by atoms with E-state index in [4.69, 9.17) is 4.74 Å². The number of hydrogen-bond donors (Lipinski definition) is 0. The Morgan fingerprint density at radius 1 is 1.28 bits per heavy atom. The van der Waals surface area contributed by atoms with Crippen molar-refractivity contribution in [1.29, 1.82) is 0 Å². The van der Waals surface area contributed by atoms with Crippen molar-refractivity contribution in [2.75, 3.05) is 13.2 Å². The molecule has 0 amide bonds. The molecule has 0 spiro atoms. The first kappa shape index (κ1) is 11.5. The Morgan fingerprint density at radius 2 is 2.06 bits per heavy atom. The highest BCUT2D eigenvalue weighted by atomic mass is 16.5. The smallest absolute Gasteiger partial charge is 0.166 e. The highest BCUT2D eigenvalue weighted by molar-refractivity contribution is 6.00. The van der Waals surface area contributed by atoms with Gasteiger partial charge >= 0.3 is 0 Å². The number of carbonyl (C=O) groups excluding carboxylic acids is 1. The SMILES string of the molecule is Cn1ccc2ccc(C(=O)C3CCOCC3)cc21. The molecule has 0 N–H and O–H groups in total. The minimum absolute atomic E-state index is 0.136. The van der Waals surface area contributed by atoms with Crippen LogP contribution < -0.4 is 0 Å². The lowest BCUT2D eigenvalue weighted by atomic mass is 9.91. The van der Waals surface area contributed by atoms with Gasteiger partial charge in [-0.05, 0) is 30.4 Å². The molecule has 1 saturated heterocycles. The van der Waals surface area contributed by atoms with E-state index in [1.165, 1.54) is 5.39 Å². The zero-order valence-corrected chi connectivity index (χ0v) is 10.6. The van der Waals surface area contributed by atoms with E-state index in [9.17, 15) is 4.79 Å². The van der Waals surface area contributed by atoms with Crippen molar-refractivity contribution >= 4 is 16.7 Å². The number of ketones is 1. The van der Waals surface area contributed by atoms with Crippen LogP contribution in [0.2, 0.25) is 0 Å². The number of carbonyl (C=O) groups is 1. The molecule has 3 nitrogen and oxygen atoms in total. The third-order valence-corrected chi connectivity index (χ3v) is 3.76. The number of nitrogens with zero attached hydrogens (tertiary/aromatic N) is 1. The fourth-order valence-corrected chi connectivity index (χ4v) is 2.61. The average molecular weight is 243 g/mol. The van der Waals surface area contributed by atoms with Gasteiger partial charge in [-0.25, -0.2) is 0 Å². The van der Waals surface area contributed by atoms with Crippen molar-refractivity contribution in [2.45, 2.75) is 12.8 Å². The molecule has 0 bridgehead atoms. The van der Waals surface area contributed by atoms with Gasteiger partial charge in [0.1, 0.15) is 0 Å². The molecule has 0 radical (unpaired) electrons. The molecule has 3 heteroatoms. The van der Waals surface area contributed by atoms with Gasteiger partial charge in [0.2, 0.25) is 0 Å². The fourth-order valence-electron chi connectivity index (χ4n) is 2.61. The van der Waals surface area contributed by atoms with Gasteiger partial charge in [0.25, 0.3) is 0 Å². The van der Waals surface area contributed by atoms with E-state index in [0.29, 0.717) is 13.2 Å².